The van der Waals surface area contributed by atoms with Crippen LogP contribution in [0.5, 0.6) is 0 Å². The Morgan fingerprint density at radius 3 is 2.35 bits per heavy atom. The molecule has 0 aliphatic carbocycles. The molecule has 1 fully saturated rings. The van der Waals surface area contributed by atoms with Crippen LogP contribution < -0.4 is 11.5 Å². The third kappa shape index (κ3) is 5.58. The van der Waals surface area contributed by atoms with E-state index in [0.29, 0.717) is 0 Å². The first-order valence-electron chi connectivity index (χ1n) is 8.24. The van der Waals surface area contributed by atoms with Gasteiger partial charge in [0.2, 0.25) is 0 Å². The van der Waals surface area contributed by atoms with Gasteiger partial charge in [0.15, 0.2) is 0 Å². The summed E-state index contributed by atoms with van der Waals surface area (Å²) in [5.74, 6) is -6.46. The molecule has 11 nitrogen and oxygen atoms in total. The number of carboxylic acid groups (broad SMARTS) is 1. The third-order valence-electron chi connectivity index (χ3n) is 4.35. The van der Waals surface area contributed by atoms with Gasteiger partial charge in [-0.05, 0) is 5.92 Å². The lowest BCUT2D eigenvalue weighted by atomic mass is 9.83. The first kappa shape index (κ1) is 22.7. The molecule has 0 radical (unpaired) electrons. The van der Waals surface area contributed by atoms with Gasteiger partial charge in [-0.15, -0.1) is 0 Å². The first-order chi connectivity index (χ1) is 11.9. The molecule has 1 aliphatic heterocycles. The molecule has 11 heteroatoms. The van der Waals surface area contributed by atoms with E-state index in [2.05, 4.69) is 0 Å². The van der Waals surface area contributed by atoms with Crippen LogP contribution in [-0.2, 0) is 19.1 Å². The molecule has 1 heterocycles. The van der Waals surface area contributed by atoms with E-state index in [9.17, 15) is 30.0 Å². The van der Waals surface area contributed by atoms with E-state index in [1.54, 1.807) is 13.8 Å². The standard InChI is InChI=1S/C15H28N2O9/c1-6(2)11(16)13(21)25-5-7(18)3-9-10(12(17)20)8(19)4-15(24,26-9)14(22)23/h6-12,18-20,24H,3-5,16-17H2,1-2H3,(H,22,23)/t7-,8?,9?,10?,11-,12-,15?/m0/s1. The summed E-state index contributed by atoms with van der Waals surface area (Å²) in [6, 6.07) is -0.870. The molecule has 1 rings (SSSR count). The average molecular weight is 380 g/mol. The van der Waals surface area contributed by atoms with Gasteiger partial charge in [-0.2, -0.15) is 0 Å². The summed E-state index contributed by atoms with van der Waals surface area (Å²) in [4.78, 5) is 22.8. The van der Waals surface area contributed by atoms with E-state index in [-0.39, 0.29) is 12.3 Å². The van der Waals surface area contributed by atoms with E-state index in [1.165, 1.54) is 0 Å². The number of carbonyl (C=O) groups is 2. The van der Waals surface area contributed by atoms with Crippen molar-refractivity contribution in [1.29, 1.82) is 0 Å². The van der Waals surface area contributed by atoms with E-state index in [1.807, 2.05) is 0 Å². The molecule has 1 aliphatic rings. The van der Waals surface area contributed by atoms with Crippen molar-refractivity contribution in [2.75, 3.05) is 6.61 Å². The Morgan fingerprint density at radius 1 is 1.31 bits per heavy atom. The van der Waals surface area contributed by atoms with Crippen LogP contribution in [0, 0.1) is 11.8 Å². The number of nitrogens with two attached hydrogens (primary N) is 2. The van der Waals surface area contributed by atoms with Crippen LogP contribution in [0.1, 0.15) is 26.7 Å². The number of rotatable bonds is 8. The maximum absolute atomic E-state index is 11.7. The monoisotopic (exact) mass is 380 g/mol. The minimum atomic E-state index is -2.69. The lowest BCUT2D eigenvalue weighted by Crippen LogP contribution is -2.60. The van der Waals surface area contributed by atoms with Crippen LogP contribution in [-0.4, -0.2) is 80.4 Å². The Kier molecular flexibility index (Phi) is 7.89. The molecule has 7 atom stereocenters. The van der Waals surface area contributed by atoms with Crippen molar-refractivity contribution < 1.29 is 44.6 Å². The van der Waals surface area contributed by atoms with Crippen LogP contribution in [0.4, 0.5) is 0 Å². The molecule has 0 saturated carbocycles. The number of hydrogen-bond acceptors (Lipinski definition) is 10. The smallest absolute Gasteiger partial charge is 0.364 e. The summed E-state index contributed by atoms with van der Waals surface area (Å²) in [6.45, 7) is 2.98. The Balaban J connectivity index is 2.75. The number of ether oxygens (including phenoxy) is 2. The highest BCUT2D eigenvalue weighted by molar-refractivity contribution is 5.76. The number of carbonyl (C=O) groups excluding carboxylic acids is 1. The SMILES string of the molecule is CC(C)[C@H](N)C(=O)OC[C@@H](O)CC1OC(O)(C(=O)O)CC(O)C1[C@@H](N)O. The van der Waals surface area contributed by atoms with Crippen LogP contribution in [0.3, 0.4) is 0 Å². The first-order valence-corrected chi connectivity index (χ1v) is 8.24. The van der Waals surface area contributed by atoms with Gasteiger partial charge in [-0.25, -0.2) is 4.79 Å². The largest absolute Gasteiger partial charge is 0.477 e. The summed E-state index contributed by atoms with van der Waals surface area (Å²) in [6.07, 6.45) is -6.75. The number of esters is 1. The van der Waals surface area contributed by atoms with E-state index >= 15 is 0 Å². The van der Waals surface area contributed by atoms with Crippen LogP contribution in [0.25, 0.3) is 0 Å². The average Bonchev–Trinajstić information content (AvgIpc) is 2.50. The zero-order chi connectivity index (χ0) is 20.2. The highest BCUT2D eigenvalue weighted by Gasteiger charge is 2.52. The Morgan fingerprint density at radius 2 is 1.88 bits per heavy atom. The quantitative estimate of drug-likeness (QED) is 0.168. The van der Waals surface area contributed by atoms with Crippen molar-refractivity contribution in [3.63, 3.8) is 0 Å². The molecular formula is C15H28N2O9. The minimum absolute atomic E-state index is 0.168. The fourth-order valence-corrected chi connectivity index (χ4v) is 2.72. The summed E-state index contributed by atoms with van der Waals surface area (Å²) in [7, 11) is 0. The maximum atomic E-state index is 11.7. The lowest BCUT2D eigenvalue weighted by Gasteiger charge is -2.43. The fraction of sp³-hybridized carbons (Fsp3) is 0.867. The summed E-state index contributed by atoms with van der Waals surface area (Å²) < 4.78 is 9.96. The summed E-state index contributed by atoms with van der Waals surface area (Å²) in [5.41, 5.74) is 11.0. The molecule has 0 spiro atoms. The van der Waals surface area contributed by atoms with Gasteiger partial charge in [0.1, 0.15) is 18.9 Å². The van der Waals surface area contributed by atoms with Crippen molar-refractivity contribution in [2.24, 2.45) is 23.3 Å². The zero-order valence-electron chi connectivity index (χ0n) is 14.7. The number of carboxylic acids is 1. The highest BCUT2D eigenvalue weighted by Crippen LogP contribution is 2.35. The molecule has 9 N–H and O–H groups in total. The zero-order valence-corrected chi connectivity index (χ0v) is 14.7. The van der Waals surface area contributed by atoms with Gasteiger partial charge in [0, 0.05) is 12.8 Å². The van der Waals surface area contributed by atoms with Crippen LogP contribution >= 0.6 is 0 Å². The van der Waals surface area contributed by atoms with E-state index in [4.69, 9.17) is 26.0 Å². The Labute approximate surface area is 150 Å². The maximum Gasteiger partial charge on any atom is 0.364 e. The van der Waals surface area contributed by atoms with Gasteiger partial charge < -0.3 is 46.5 Å². The normalized spacial score (nSPS) is 32.7. The third-order valence-corrected chi connectivity index (χ3v) is 4.35. The number of hydrogen-bond donors (Lipinski definition) is 7. The molecule has 1 saturated heterocycles. The highest BCUT2D eigenvalue weighted by atomic mass is 16.7. The van der Waals surface area contributed by atoms with Crippen molar-refractivity contribution in [2.45, 2.75) is 63.1 Å². The molecule has 0 bridgehead atoms. The van der Waals surface area contributed by atoms with Crippen molar-refractivity contribution >= 4 is 11.9 Å². The Bertz CT molecular complexity index is 502. The molecule has 0 aromatic rings. The van der Waals surface area contributed by atoms with E-state index < -0.39 is 67.3 Å². The second-order valence-corrected chi connectivity index (χ2v) is 6.87. The van der Waals surface area contributed by atoms with Crippen molar-refractivity contribution in [3.8, 4) is 0 Å². The fourth-order valence-electron chi connectivity index (χ4n) is 2.72. The van der Waals surface area contributed by atoms with Crippen molar-refractivity contribution in [3.05, 3.63) is 0 Å². The molecule has 0 amide bonds. The second kappa shape index (κ2) is 9.04. The summed E-state index contributed by atoms with van der Waals surface area (Å²) >= 11 is 0. The summed E-state index contributed by atoms with van der Waals surface area (Å²) in [5, 5.41) is 48.7. The van der Waals surface area contributed by atoms with Gasteiger partial charge in [0.05, 0.1) is 24.2 Å². The lowest BCUT2D eigenvalue weighted by molar-refractivity contribution is -0.296. The minimum Gasteiger partial charge on any atom is -0.477 e. The van der Waals surface area contributed by atoms with E-state index in [0.717, 1.165) is 0 Å². The van der Waals surface area contributed by atoms with Gasteiger partial charge in [0.25, 0.3) is 5.79 Å². The number of aliphatic hydroxyl groups excluding tert-OH is 3. The van der Waals surface area contributed by atoms with Crippen LogP contribution in [0.2, 0.25) is 0 Å². The topological polar surface area (TPSA) is 206 Å². The second-order valence-electron chi connectivity index (χ2n) is 6.87. The molecule has 26 heavy (non-hydrogen) atoms. The van der Waals surface area contributed by atoms with Gasteiger partial charge >= 0.3 is 11.9 Å². The molecular weight excluding hydrogens is 352 g/mol. The predicted molar refractivity (Wildman–Crippen MR) is 86.2 cm³/mol. The van der Waals surface area contributed by atoms with Gasteiger partial charge in [-0.3, -0.25) is 4.79 Å². The predicted octanol–water partition coefficient (Wildman–Crippen LogP) is -2.92. The van der Waals surface area contributed by atoms with Crippen LogP contribution in [0.15, 0.2) is 0 Å². The number of aliphatic carboxylic acids is 1. The Hall–Kier alpha value is -1.34. The molecule has 0 aromatic carbocycles. The molecule has 0 aromatic heterocycles. The van der Waals surface area contributed by atoms with Crippen molar-refractivity contribution in [1.82, 2.24) is 0 Å². The molecule has 152 valence electrons. The van der Waals surface area contributed by atoms with Gasteiger partial charge in [-0.1, -0.05) is 13.8 Å². The number of aliphatic hydroxyl groups is 4. The molecule has 4 unspecified atom stereocenters.